The lowest BCUT2D eigenvalue weighted by Crippen LogP contribution is -2.03. The van der Waals surface area contributed by atoms with Crippen LogP contribution in [0.3, 0.4) is 0 Å². The number of benzene rings is 1. The van der Waals surface area contributed by atoms with Crippen LogP contribution in [0.5, 0.6) is 0 Å². The van der Waals surface area contributed by atoms with E-state index >= 15 is 0 Å². The summed E-state index contributed by atoms with van der Waals surface area (Å²) in [6.45, 7) is 2.85. The molecule has 108 valence electrons. The number of carbonyl (C=O) groups is 1. The fourth-order valence-corrected chi connectivity index (χ4v) is 2.82. The van der Waals surface area contributed by atoms with E-state index in [9.17, 15) is 9.18 Å². The predicted molar refractivity (Wildman–Crippen MR) is 77.6 cm³/mol. The van der Waals surface area contributed by atoms with Gasteiger partial charge in [0.25, 0.3) is 0 Å². The molecule has 20 heavy (non-hydrogen) atoms. The van der Waals surface area contributed by atoms with Crippen molar-refractivity contribution in [3.63, 3.8) is 0 Å². The summed E-state index contributed by atoms with van der Waals surface area (Å²) < 4.78 is 15.7. The Labute approximate surface area is 121 Å². The number of halogens is 1. The van der Waals surface area contributed by atoms with Gasteiger partial charge in [0, 0.05) is 6.54 Å². The van der Waals surface area contributed by atoms with Crippen LogP contribution in [0.2, 0.25) is 0 Å². The molecule has 4 nitrogen and oxygen atoms in total. The minimum absolute atomic E-state index is 0.0707. The first kappa shape index (κ1) is 14.8. The van der Waals surface area contributed by atoms with Gasteiger partial charge in [0.2, 0.25) is 0 Å². The number of para-hydroxylation sites is 1. The number of nitrogens with zero attached hydrogens (tertiary/aromatic N) is 2. The third kappa shape index (κ3) is 3.30. The monoisotopic (exact) mass is 296 g/mol. The molecule has 1 N–H and O–H groups in total. The average Bonchev–Trinajstić information content (AvgIpc) is 2.77. The lowest BCUT2D eigenvalue weighted by atomic mass is 10.2. The molecule has 0 fully saturated rings. The molecule has 0 saturated carbocycles. The molecule has 0 unspecified atom stereocenters. The van der Waals surface area contributed by atoms with Crippen LogP contribution in [0, 0.1) is 5.82 Å². The first-order chi connectivity index (χ1) is 9.63. The number of aryl methyl sites for hydroxylation is 1. The van der Waals surface area contributed by atoms with Gasteiger partial charge < -0.3 is 9.67 Å². The highest BCUT2D eigenvalue weighted by molar-refractivity contribution is 7.99. The Morgan fingerprint density at radius 3 is 2.95 bits per heavy atom. The molecule has 2 aromatic rings. The molecular weight excluding hydrogens is 279 g/mol. The summed E-state index contributed by atoms with van der Waals surface area (Å²) in [6.07, 6.45) is 3.15. The number of carboxylic acid groups (broad SMARTS) is 1. The molecule has 0 aliphatic carbocycles. The van der Waals surface area contributed by atoms with Crippen LogP contribution >= 0.6 is 11.8 Å². The van der Waals surface area contributed by atoms with Gasteiger partial charge in [0.05, 0.1) is 11.3 Å². The van der Waals surface area contributed by atoms with Crippen molar-refractivity contribution in [2.45, 2.75) is 37.9 Å². The van der Waals surface area contributed by atoms with Gasteiger partial charge in [0.15, 0.2) is 11.0 Å². The van der Waals surface area contributed by atoms with Crippen molar-refractivity contribution < 1.29 is 14.3 Å². The highest BCUT2D eigenvalue weighted by Gasteiger charge is 2.14. The van der Waals surface area contributed by atoms with Crippen molar-refractivity contribution in [2.75, 3.05) is 5.75 Å². The van der Waals surface area contributed by atoms with E-state index in [1.807, 2.05) is 10.6 Å². The molecule has 2 rings (SSSR count). The summed E-state index contributed by atoms with van der Waals surface area (Å²) in [4.78, 5) is 14.9. The molecule has 0 aliphatic heterocycles. The maximum atomic E-state index is 13.8. The topological polar surface area (TPSA) is 55.1 Å². The van der Waals surface area contributed by atoms with Crippen LogP contribution < -0.4 is 0 Å². The zero-order valence-electron chi connectivity index (χ0n) is 11.3. The second kappa shape index (κ2) is 6.74. The maximum Gasteiger partial charge on any atom is 0.313 e. The quantitative estimate of drug-likeness (QED) is 0.627. The Bertz CT molecular complexity index is 612. The van der Waals surface area contributed by atoms with Gasteiger partial charge in [-0.1, -0.05) is 37.6 Å². The highest BCUT2D eigenvalue weighted by atomic mass is 32.2. The van der Waals surface area contributed by atoms with E-state index < -0.39 is 5.97 Å². The summed E-state index contributed by atoms with van der Waals surface area (Å²) in [5, 5.41) is 9.35. The van der Waals surface area contributed by atoms with Gasteiger partial charge in [-0.25, -0.2) is 9.37 Å². The van der Waals surface area contributed by atoms with Crippen LogP contribution in [0.25, 0.3) is 11.0 Å². The van der Waals surface area contributed by atoms with Gasteiger partial charge in [-0.05, 0) is 18.6 Å². The summed E-state index contributed by atoms with van der Waals surface area (Å²) in [5.41, 5.74) is 1.05. The second-order valence-electron chi connectivity index (χ2n) is 4.54. The van der Waals surface area contributed by atoms with Gasteiger partial charge in [-0.2, -0.15) is 0 Å². The average molecular weight is 296 g/mol. The SMILES string of the molecule is CCCCCn1c(SCC(=O)O)nc2c(F)cccc21. The fraction of sp³-hybridized carbons (Fsp3) is 0.429. The first-order valence-corrected chi connectivity index (χ1v) is 7.61. The lowest BCUT2D eigenvalue weighted by molar-refractivity contribution is -0.133. The van der Waals surface area contributed by atoms with Crippen molar-refractivity contribution >= 4 is 28.8 Å². The van der Waals surface area contributed by atoms with Crippen LogP contribution in [0.15, 0.2) is 23.4 Å². The van der Waals surface area contributed by atoms with E-state index in [-0.39, 0.29) is 11.6 Å². The number of fused-ring (bicyclic) bond motifs is 1. The van der Waals surface area contributed by atoms with Crippen molar-refractivity contribution in [3.8, 4) is 0 Å². The van der Waals surface area contributed by atoms with Crippen LogP contribution in [0.4, 0.5) is 4.39 Å². The number of aliphatic carboxylic acids is 1. The van der Waals surface area contributed by atoms with E-state index in [0.717, 1.165) is 43.1 Å². The molecule has 0 amide bonds. The van der Waals surface area contributed by atoms with Crippen molar-refractivity contribution in [3.05, 3.63) is 24.0 Å². The summed E-state index contributed by atoms with van der Waals surface area (Å²) in [7, 11) is 0. The minimum atomic E-state index is -0.900. The number of carboxylic acids is 1. The van der Waals surface area contributed by atoms with E-state index in [0.29, 0.717) is 10.7 Å². The highest BCUT2D eigenvalue weighted by Crippen LogP contribution is 2.26. The predicted octanol–water partition coefficient (Wildman–Crippen LogP) is 3.54. The molecule has 1 aromatic carbocycles. The van der Waals surface area contributed by atoms with E-state index in [1.165, 1.54) is 6.07 Å². The number of rotatable bonds is 7. The summed E-state index contributed by atoms with van der Waals surface area (Å²) in [5.74, 6) is -1.34. The molecule has 0 saturated heterocycles. The van der Waals surface area contributed by atoms with E-state index in [1.54, 1.807) is 6.07 Å². The van der Waals surface area contributed by atoms with Gasteiger partial charge in [0.1, 0.15) is 5.52 Å². The molecule has 0 spiro atoms. The lowest BCUT2D eigenvalue weighted by Gasteiger charge is -2.07. The minimum Gasteiger partial charge on any atom is -0.481 e. The van der Waals surface area contributed by atoms with Crippen LogP contribution in [0.1, 0.15) is 26.2 Å². The summed E-state index contributed by atoms with van der Waals surface area (Å²) in [6, 6.07) is 4.85. The van der Waals surface area contributed by atoms with Crippen LogP contribution in [-0.4, -0.2) is 26.4 Å². The second-order valence-corrected chi connectivity index (χ2v) is 5.49. The standard InChI is InChI=1S/C14H17FN2O2S/c1-2-3-4-8-17-11-7-5-6-10(15)13(11)16-14(17)20-9-12(18)19/h5-7H,2-4,8-9H2,1H3,(H,18,19). The number of thioether (sulfide) groups is 1. The Morgan fingerprint density at radius 2 is 2.25 bits per heavy atom. The van der Waals surface area contributed by atoms with Crippen molar-refractivity contribution in [1.29, 1.82) is 0 Å². The Morgan fingerprint density at radius 1 is 1.45 bits per heavy atom. The zero-order chi connectivity index (χ0) is 14.5. The Balaban J connectivity index is 2.34. The Hall–Kier alpha value is -1.56. The third-order valence-corrected chi connectivity index (χ3v) is 3.97. The number of hydrogen-bond donors (Lipinski definition) is 1. The van der Waals surface area contributed by atoms with Crippen molar-refractivity contribution in [2.24, 2.45) is 0 Å². The molecule has 1 heterocycles. The summed E-state index contributed by atoms with van der Waals surface area (Å²) >= 11 is 1.13. The van der Waals surface area contributed by atoms with Gasteiger partial charge in [-0.15, -0.1) is 0 Å². The fourth-order valence-electron chi connectivity index (χ4n) is 2.06. The molecule has 6 heteroatoms. The number of hydrogen-bond acceptors (Lipinski definition) is 3. The van der Waals surface area contributed by atoms with Crippen molar-refractivity contribution in [1.82, 2.24) is 9.55 Å². The third-order valence-electron chi connectivity index (χ3n) is 3.00. The molecular formula is C14H17FN2O2S. The van der Waals surface area contributed by atoms with E-state index in [4.69, 9.17) is 5.11 Å². The zero-order valence-corrected chi connectivity index (χ0v) is 12.1. The Kier molecular flexibility index (Phi) is 5.00. The largest absolute Gasteiger partial charge is 0.481 e. The number of unbranched alkanes of at least 4 members (excludes halogenated alkanes) is 2. The number of imidazole rings is 1. The maximum absolute atomic E-state index is 13.8. The normalized spacial score (nSPS) is 11.1. The molecule has 0 radical (unpaired) electrons. The van der Waals surface area contributed by atoms with Gasteiger partial charge >= 0.3 is 5.97 Å². The van der Waals surface area contributed by atoms with E-state index in [2.05, 4.69) is 11.9 Å². The smallest absolute Gasteiger partial charge is 0.313 e. The molecule has 0 bridgehead atoms. The van der Waals surface area contributed by atoms with Crippen LogP contribution in [-0.2, 0) is 11.3 Å². The molecule has 0 aliphatic rings. The van der Waals surface area contributed by atoms with Gasteiger partial charge in [-0.3, -0.25) is 4.79 Å². The first-order valence-electron chi connectivity index (χ1n) is 6.62. The molecule has 1 aromatic heterocycles. The molecule has 0 atom stereocenters. The number of aromatic nitrogens is 2.